The molecule has 0 aliphatic carbocycles. The molecule has 1 aromatic carbocycles. The van der Waals surface area contributed by atoms with Gasteiger partial charge in [0.25, 0.3) is 0 Å². The van der Waals surface area contributed by atoms with Crippen molar-refractivity contribution >= 4 is 11.7 Å². The molecule has 0 radical (unpaired) electrons. The minimum Gasteiger partial charge on any atom is -0.463 e. The number of esters is 1. The fourth-order valence-corrected chi connectivity index (χ4v) is 3.24. The standard InChI is InChI=1S/C20H27F2N3O2/c1-5-12(4)17(20(26)27-7-3)16-10-24-15(11-25(16)6-2)18-13(21)8-9-14(23)19(18)22/h6,8-9,12,15,24H,2,5,7,10-11,23H2,1,3-4H3/b17-16+. The Morgan fingerprint density at radius 1 is 1.48 bits per heavy atom. The number of rotatable bonds is 6. The second-order valence-corrected chi connectivity index (χ2v) is 6.52. The van der Waals surface area contributed by atoms with E-state index in [0.717, 1.165) is 12.5 Å². The van der Waals surface area contributed by atoms with Crippen LogP contribution in [0.25, 0.3) is 0 Å². The third kappa shape index (κ3) is 4.30. The van der Waals surface area contributed by atoms with E-state index in [2.05, 4.69) is 11.9 Å². The van der Waals surface area contributed by atoms with E-state index in [4.69, 9.17) is 10.5 Å². The molecule has 1 saturated heterocycles. The molecule has 148 valence electrons. The van der Waals surface area contributed by atoms with Gasteiger partial charge in [0, 0.05) is 24.4 Å². The summed E-state index contributed by atoms with van der Waals surface area (Å²) in [7, 11) is 0. The molecule has 27 heavy (non-hydrogen) atoms. The van der Waals surface area contributed by atoms with Crippen molar-refractivity contribution in [1.29, 1.82) is 0 Å². The van der Waals surface area contributed by atoms with Crippen molar-refractivity contribution < 1.29 is 18.3 Å². The zero-order chi connectivity index (χ0) is 20.1. The Kier molecular flexibility index (Phi) is 6.96. The topological polar surface area (TPSA) is 67.6 Å². The van der Waals surface area contributed by atoms with Crippen molar-refractivity contribution in [2.75, 3.05) is 25.4 Å². The van der Waals surface area contributed by atoms with E-state index in [1.54, 1.807) is 18.0 Å². The lowest BCUT2D eigenvalue weighted by molar-refractivity contribution is -0.139. The van der Waals surface area contributed by atoms with E-state index in [9.17, 15) is 13.6 Å². The number of carbonyl (C=O) groups excluding carboxylic acids is 1. The molecule has 0 amide bonds. The summed E-state index contributed by atoms with van der Waals surface area (Å²) in [5, 5.41) is 3.12. The smallest absolute Gasteiger partial charge is 0.336 e. The second-order valence-electron chi connectivity index (χ2n) is 6.52. The first-order valence-electron chi connectivity index (χ1n) is 9.11. The zero-order valence-electron chi connectivity index (χ0n) is 16.0. The fraction of sp³-hybridized carbons (Fsp3) is 0.450. The Morgan fingerprint density at radius 3 is 2.78 bits per heavy atom. The number of piperazine rings is 1. The molecule has 3 N–H and O–H groups in total. The van der Waals surface area contributed by atoms with Gasteiger partial charge in [-0.1, -0.05) is 20.4 Å². The molecule has 1 aliphatic heterocycles. The molecule has 0 bridgehead atoms. The highest BCUT2D eigenvalue weighted by Crippen LogP contribution is 2.31. The molecule has 1 fully saturated rings. The highest BCUT2D eigenvalue weighted by Gasteiger charge is 2.32. The molecular formula is C20H27F2N3O2. The van der Waals surface area contributed by atoms with E-state index < -0.39 is 17.7 Å². The number of ether oxygens (including phenoxy) is 1. The van der Waals surface area contributed by atoms with Crippen LogP contribution in [0.4, 0.5) is 14.5 Å². The normalized spacial score (nSPS) is 20.2. The van der Waals surface area contributed by atoms with Crippen LogP contribution in [0.2, 0.25) is 0 Å². The Bertz CT molecular complexity index is 749. The first-order chi connectivity index (χ1) is 12.8. The maximum Gasteiger partial charge on any atom is 0.336 e. The number of halogens is 2. The number of nitrogens with zero attached hydrogens (tertiary/aromatic N) is 1. The Morgan fingerprint density at radius 2 is 2.19 bits per heavy atom. The van der Waals surface area contributed by atoms with Gasteiger partial charge in [-0.2, -0.15) is 0 Å². The van der Waals surface area contributed by atoms with Gasteiger partial charge >= 0.3 is 5.97 Å². The van der Waals surface area contributed by atoms with E-state index in [1.807, 2.05) is 13.8 Å². The van der Waals surface area contributed by atoms with Gasteiger partial charge in [0.15, 0.2) is 5.82 Å². The molecule has 1 aromatic rings. The van der Waals surface area contributed by atoms with Crippen molar-refractivity contribution in [3.05, 3.63) is 53.4 Å². The molecular weight excluding hydrogens is 352 g/mol. The van der Waals surface area contributed by atoms with E-state index >= 15 is 0 Å². The highest BCUT2D eigenvalue weighted by atomic mass is 19.1. The van der Waals surface area contributed by atoms with Gasteiger partial charge in [-0.05, 0) is 37.6 Å². The Balaban J connectivity index is 2.42. The van der Waals surface area contributed by atoms with Gasteiger partial charge in [0.1, 0.15) is 5.82 Å². The third-order valence-electron chi connectivity index (χ3n) is 4.88. The lowest BCUT2D eigenvalue weighted by Gasteiger charge is -2.37. The Hall–Kier alpha value is -2.41. The van der Waals surface area contributed by atoms with Crippen LogP contribution >= 0.6 is 0 Å². The molecule has 2 rings (SSSR count). The van der Waals surface area contributed by atoms with E-state index in [0.29, 0.717) is 11.3 Å². The van der Waals surface area contributed by atoms with Crippen molar-refractivity contribution in [1.82, 2.24) is 10.2 Å². The van der Waals surface area contributed by atoms with Gasteiger partial charge in [0.05, 0.1) is 23.9 Å². The number of nitrogens with one attached hydrogen (secondary N) is 1. The SMILES string of the molecule is C=CN1CC(c2c(F)ccc(N)c2F)NC/C1=C(\C(=O)OCC)C(C)CC. The largest absolute Gasteiger partial charge is 0.463 e. The molecule has 2 unspecified atom stereocenters. The number of hydrogen-bond acceptors (Lipinski definition) is 5. The van der Waals surface area contributed by atoms with Gasteiger partial charge in [-0.25, -0.2) is 13.6 Å². The second kappa shape index (κ2) is 8.99. The molecule has 0 spiro atoms. The quantitative estimate of drug-likeness (QED) is 0.450. The number of benzene rings is 1. The summed E-state index contributed by atoms with van der Waals surface area (Å²) in [5.41, 5.74) is 6.64. The third-order valence-corrected chi connectivity index (χ3v) is 4.88. The van der Waals surface area contributed by atoms with Crippen molar-refractivity contribution in [2.45, 2.75) is 33.2 Å². The van der Waals surface area contributed by atoms with Crippen LogP contribution in [0.15, 0.2) is 36.2 Å². The minimum atomic E-state index is -0.767. The number of nitrogens with two attached hydrogens (primary N) is 1. The lowest BCUT2D eigenvalue weighted by Crippen LogP contribution is -2.44. The molecule has 7 heteroatoms. The van der Waals surface area contributed by atoms with E-state index in [1.165, 1.54) is 6.07 Å². The summed E-state index contributed by atoms with van der Waals surface area (Å²) in [6, 6.07) is 1.73. The van der Waals surface area contributed by atoms with Crippen molar-refractivity contribution in [2.24, 2.45) is 5.92 Å². The zero-order valence-corrected chi connectivity index (χ0v) is 16.0. The summed E-state index contributed by atoms with van der Waals surface area (Å²) in [5.74, 6) is -1.84. The monoisotopic (exact) mass is 379 g/mol. The summed E-state index contributed by atoms with van der Waals surface area (Å²) in [6.07, 6.45) is 2.32. The van der Waals surface area contributed by atoms with E-state index in [-0.39, 0.29) is 42.8 Å². The first kappa shape index (κ1) is 20.9. The van der Waals surface area contributed by atoms with Gasteiger partial charge in [-0.15, -0.1) is 0 Å². The summed E-state index contributed by atoms with van der Waals surface area (Å²) in [4.78, 5) is 14.3. The van der Waals surface area contributed by atoms with Crippen LogP contribution in [-0.2, 0) is 9.53 Å². The van der Waals surface area contributed by atoms with Gasteiger partial charge in [-0.3, -0.25) is 0 Å². The highest BCUT2D eigenvalue weighted by molar-refractivity contribution is 5.90. The molecule has 1 heterocycles. The number of hydrogen-bond donors (Lipinski definition) is 2. The molecule has 1 aliphatic rings. The molecule has 5 nitrogen and oxygen atoms in total. The number of carbonyl (C=O) groups is 1. The number of anilines is 1. The van der Waals surface area contributed by atoms with Crippen LogP contribution in [0, 0.1) is 17.6 Å². The summed E-state index contributed by atoms with van der Waals surface area (Å²) < 4.78 is 33.9. The molecule has 2 atom stereocenters. The van der Waals surface area contributed by atoms with Crippen LogP contribution in [0.1, 0.15) is 38.8 Å². The Labute approximate surface area is 158 Å². The first-order valence-corrected chi connectivity index (χ1v) is 9.11. The fourth-order valence-electron chi connectivity index (χ4n) is 3.24. The summed E-state index contributed by atoms with van der Waals surface area (Å²) in [6.45, 7) is 10.2. The van der Waals surface area contributed by atoms with Crippen molar-refractivity contribution in [3.8, 4) is 0 Å². The molecule has 0 aromatic heterocycles. The predicted molar refractivity (Wildman–Crippen MR) is 102 cm³/mol. The van der Waals surface area contributed by atoms with Gasteiger partial charge in [0.2, 0.25) is 0 Å². The molecule has 0 saturated carbocycles. The average molecular weight is 379 g/mol. The van der Waals surface area contributed by atoms with Crippen LogP contribution in [0.3, 0.4) is 0 Å². The van der Waals surface area contributed by atoms with Crippen LogP contribution < -0.4 is 11.1 Å². The number of nitrogen functional groups attached to an aromatic ring is 1. The van der Waals surface area contributed by atoms with Gasteiger partial charge < -0.3 is 20.7 Å². The predicted octanol–water partition coefficient (Wildman–Crippen LogP) is 3.50. The maximum absolute atomic E-state index is 14.4. The summed E-state index contributed by atoms with van der Waals surface area (Å²) >= 11 is 0. The maximum atomic E-state index is 14.4. The minimum absolute atomic E-state index is 0.0271. The van der Waals surface area contributed by atoms with Crippen LogP contribution in [-0.4, -0.2) is 30.6 Å². The van der Waals surface area contributed by atoms with Crippen LogP contribution in [0.5, 0.6) is 0 Å². The lowest BCUT2D eigenvalue weighted by atomic mass is 9.93. The average Bonchev–Trinajstić information content (AvgIpc) is 2.66. The van der Waals surface area contributed by atoms with Crippen molar-refractivity contribution in [3.63, 3.8) is 0 Å².